The van der Waals surface area contributed by atoms with E-state index in [0.29, 0.717) is 6.61 Å². The number of ether oxygens (including phenoxy) is 1. The Morgan fingerprint density at radius 1 is 0.905 bits per heavy atom. The average Bonchev–Trinajstić information content (AvgIpc) is 2.36. The van der Waals surface area contributed by atoms with E-state index in [2.05, 4.69) is 20.8 Å². The third-order valence-electron chi connectivity index (χ3n) is 3.84. The molecule has 3 nitrogen and oxygen atoms in total. The van der Waals surface area contributed by atoms with E-state index in [0.717, 1.165) is 38.7 Å². The van der Waals surface area contributed by atoms with Crippen molar-refractivity contribution in [3.8, 4) is 0 Å². The summed E-state index contributed by atoms with van der Waals surface area (Å²) < 4.78 is 28.8. The number of halogens is 1. The van der Waals surface area contributed by atoms with E-state index in [-0.39, 0.29) is 11.2 Å². The molecule has 0 atom stereocenters. The van der Waals surface area contributed by atoms with Crippen LogP contribution in [0.15, 0.2) is 0 Å². The first-order valence-electron chi connectivity index (χ1n) is 8.39. The lowest BCUT2D eigenvalue weighted by molar-refractivity contribution is 0.0420. The highest BCUT2D eigenvalue weighted by molar-refractivity contribution is 8.13. The second-order valence-corrected chi connectivity index (χ2v) is 8.93. The van der Waals surface area contributed by atoms with Gasteiger partial charge in [-0.3, -0.25) is 0 Å². The molecule has 0 aliphatic rings. The Kier molecular flexibility index (Phi) is 11.8. The maximum Gasteiger partial charge on any atom is 0.233 e. The Hall–Kier alpha value is 0.200. The molecule has 0 amide bonds. The molecule has 0 saturated heterocycles. The quantitative estimate of drug-likeness (QED) is 0.325. The van der Waals surface area contributed by atoms with Crippen molar-refractivity contribution in [3.05, 3.63) is 0 Å². The van der Waals surface area contributed by atoms with Crippen molar-refractivity contribution < 1.29 is 13.2 Å². The van der Waals surface area contributed by atoms with Crippen LogP contribution in [0.1, 0.15) is 78.6 Å². The molecule has 0 fully saturated rings. The molecule has 0 spiro atoms. The van der Waals surface area contributed by atoms with E-state index in [4.69, 9.17) is 15.4 Å². The van der Waals surface area contributed by atoms with Crippen LogP contribution in [0.4, 0.5) is 0 Å². The second-order valence-electron chi connectivity index (χ2n) is 6.15. The van der Waals surface area contributed by atoms with Gasteiger partial charge in [0.25, 0.3) is 0 Å². The zero-order valence-corrected chi connectivity index (χ0v) is 15.6. The SMILES string of the molecule is CCCCCCCOCC(CCC)(CCC)CS(=O)(=O)Cl. The Morgan fingerprint density at radius 2 is 1.48 bits per heavy atom. The van der Waals surface area contributed by atoms with Crippen LogP contribution in [0, 0.1) is 5.41 Å². The van der Waals surface area contributed by atoms with Crippen LogP contribution < -0.4 is 0 Å². The molecule has 5 heteroatoms. The van der Waals surface area contributed by atoms with Gasteiger partial charge in [-0.25, -0.2) is 8.42 Å². The topological polar surface area (TPSA) is 43.4 Å². The van der Waals surface area contributed by atoms with Gasteiger partial charge in [-0.05, 0) is 19.3 Å². The summed E-state index contributed by atoms with van der Waals surface area (Å²) in [7, 11) is 2.01. The summed E-state index contributed by atoms with van der Waals surface area (Å²) in [6.45, 7) is 7.59. The van der Waals surface area contributed by atoms with Gasteiger partial charge in [0.05, 0.1) is 12.4 Å². The largest absolute Gasteiger partial charge is 0.381 e. The minimum Gasteiger partial charge on any atom is -0.381 e. The van der Waals surface area contributed by atoms with Crippen molar-refractivity contribution in [3.63, 3.8) is 0 Å². The van der Waals surface area contributed by atoms with E-state index in [1.165, 1.54) is 25.7 Å². The van der Waals surface area contributed by atoms with Crippen molar-refractivity contribution >= 4 is 19.7 Å². The van der Waals surface area contributed by atoms with E-state index in [1.54, 1.807) is 0 Å². The van der Waals surface area contributed by atoms with Gasteiger partial charge in [0.2, 0.25) is 9.05 Å². The van der Waals surface area contributed by atoms with Crippen LogP contribution in [0.3, 0.4) is 0 Å². The van der Waals surface area contributed by atoms with Crippen molar-refractivity contribution in [2.24, 2.45) is 5.41 Å². The molecular weight excluding hydrogens is 308 g/mol. The summed E-state index contributed by atoms with van der Waals surface area (Å²) in [4.78, 5) is 0. The Bertz CT molecular complexity index is 335. The molecule has 0 saturated carbocycles. The second kappa shape index (κ2) is 11.7. The van der Waals surface area contributed by atoms with Gasteiger partial charge in [0.1, 0.15) is 0 Å². The monoisotopic (exact) mass is 340 g/mol. The first-order chi connectivity index (χ1) is 9.89. The summed E-state index contributed by atoms with van der Waals surface area (Å²) >= 11 is 0. The van der Waals surface area contributed by atoms with Crippen LogP contribution in [0.5, 0.6) is 0 Å². The molecule has 0 aromatic heterocycles. The minimum atomic E-state index is -3.49. The van der Waals surface area contributed by atoms with Crippen molar-refractivity contribution in [1.82, 2.24) is 0 Å². The summed E-state index contributed by atoms with van der Waals surface area (Å²) in [5.41, 5.74) is -0.312. The molecule has 128 valence electrons. The third kappa shape index (κ3) is 11.4. The predicted octanol–water partition coefficient (Wildman–Crippen LogP) is 5.13. The number of rotatable bonds is 14. The zero-order valence-electron chi connectivity index (χ0n) is 14.0. The molecule has 0 N–H and O–H groups in total. The fourth-order valence-electron chi connectivity index (χ4n) is 2.98. The van der Waals surface area contributed by atoms with Gasteiger partial charge in [-0.2, -0.15) is 0 Å². The van der Waals surface area contributed by atoms with Gasteiger partial charge in [-0.1, -0.05) is 59.3 Å². The smallest absolute Gasteiger partial charge is 0.233 e. The summed E-state index contributed by atoms with van der Waals surface area (Å²) in [5.74, 6) is 0.0269. The van der Waals surface area contributed by atoms with Crippen molar-refractivity contribution in [2.45, 2.75) is 78.6 Å². The van der Waals surface area contributed by atoms with Crippen LogP contribution >= 0.6 is 10.7 Å². The number of hydrogen-bond donors (Lipinski definition) is 0. The zero-order chi connectivity index (χ0) is 16.2. The van der Waals surface area contributed by atoms with Gasteiger partial charge in [-0.15, -0.1) is 0 Å². The molecule has 0 aliphatic heterocycles. The van der Waals surface area contributed by atoms with Gasteiger partial charge in [0.15, 0.2) is 0 Å². The van der Waals surface area contributed by atoms with Gasteiger partial charge in [0, 0.05) is 22.7 Å². The van der Waals surface area contributed by atoms with Crippen LogP contribution in [-0.4, -0.2) is 27.4 Å². The molecule has 0 rings (SSSR count). The summed E-state index contributed by atoms with van der Waals surface area (Å²) in [5, 5.41) is 0. The Balaban J connectivity index is 4.32. The van der Waals surface area contributed by atoms with E-state index < -0.39 is 9.05 Å². The molecule has 0 aromatic rings. The summed E-state index contributed by atoms with van der Waals surface area (Å²) in [6, 6.07) is 0. The molecule has 21 heavy (non-hydrogen) atoms. The third-order valence-corrected chi connectivity index (χ3v) is 5.12. The number of hydrogen-bond acceptors (Lipinski definition) is 3. The Labute approximate surface area is 136 Å². The maximum atomic E-state index is 11.5. The molecule has 0 aromatic carbocycles. The fourth-order valence-corrected chi connectivity index (χ4v) is 4.78. The molecule has 0 unspecified atom stereocenters. The van der Waals surface area contributed by atoms with Gasteiger partial charge >= 0.3 is 0 Å². The van der Waals surface area contributed by atoms with Crippen molar-refractivity contribution in [1.29, 1.82) is 0 Å². The minimum absolute atomic E-state index is 0.0269. The van der Waals surface area contributed by atoms with Crippen LogP contribution in [0.25, 0.3) is 0 Å². The average molecular weight is 341 g/mol. The summed E-state index contributed by atoms with van der Waals surface area (Å²) in [6.07, 6.45) is 9.62. The normalized spacial score (nSPS) is 12.8. The molecule has 0 radical (unpaired) electrons. The lowest BCUT2D eigenvalue weighted by Crippen LogP contribution is -2.33. The van der Waals surface area contributed by atoms with E-state index in [9.17, 15) is 8.42 Å². The Morgan fingerprint density at radius 3 is 1.95 bits per heavy atom. The lowest BCUT2D eigenvalue weighted by Gasteiger charge is -2.32. The lowest BCUT2D eigenvalue weighted by atomic mass is 9.82. The van der Waals surface area contributed by atoms with Crippen LogP contribution in [-0.2, 0) is 13.8 Å². The van der Waals surface area contributed by atoms with Crippen LogP contribution in [0.2, 0.25) is 0 Å². The molecule has 0 bridgehead atoms. The van der Waals surface area contributed by atoms with Crippen molar-refractivity contribution in [2.75, 3.05) is 19.0 Å². The first kappa shape index (κ1) is 21.2. The standard InChI is InChI=1S/C16H33ClO3S/c1-4-7-8-9-10-13-20-14-16(11-5-2,12-6-3)15-21(17,18)19/h4-15H2,1-3H3. The number of unbranched alkanes of at least 4 members (excludes halogenated alkanes) is 4. The van der Waals surface area contributed by atoms with E-state index in [1.807, 2.05) is 0 Å². The highest BCUT2D eigenvalue weighted by atomic mass is 35.7. The maximum absolute atomic E-state index is 11.5. The highest BCUT2D eigenvalue weighted by Crippen LogP contribution is 2.33. The molecule has 0 aliphatic carbocycles. The first-order valence-corrected chi connectivity index (χ1v) is 10.9. The highest BCUT2D eigenvalue weighted by Gasteiger charge is 2.33. The van der Waals surface area contributed by atoms with Gasteiger partial charge < -0.3 is 4.74 Å². The fraction of sp³-hybridized carbons (Fsp3) is 1.00. The predicted molar refractivity (Wildman–Crippen MR) is 91.5 cm³/mol. The van der Waals surface area contributed by atoms with E-state index >= 15 is 0 Å². The molecular formula is C16H33ClO3S. The molecule has 0 heterocycles.